The summed E-state index contributed by atoms with van der Waals surface area (Å²) in [5.74, 6) is -1.08. The molecule has 0 aliphatic heterocycles. The highest BCUT2D eigenvalue weighted by molar-refractivity contribution is 14.0. The standard InChI is InChI=1S/C7H18NO.C2H4O2.HI/c1-4-5-8(2,3)6-7-9;1-2(3)4;/h9H,4-7H2,1-3H3;1H3,(H,3,4);1H/q+1;;/p-1. The molecule has 14 heavy (non-hydrogen) atoms. The predicted molar refractivity (Wildman–Crippen MR) is 65.3 cm³/mol. The van der Waals surface area contributed by atoms with E-state index in [4.69, 9.17) is 15.0 Å². The Balaban J connectivity index is -0.000000209. The van der Waals surface area contributed by atoms with Gasteiger partial charge >= 0.3 is 0 Å². The van der Waals surface area contributed by atoms with Gasteiger partial charge in [0.2, 0.25) is 0 Å². The van der Waals surface area contributed by atoms with Gasteiger partial charge in [-0.3, -0.25) is 0 Å². The Hall–Kier alpha value is 0.120. The molecule has 0 aromatic heterocycles. The number of carboxylic acid groups (broad SMARTS) is 1. The van der Waals surface area contributed by atoms with Crippen LogP contribution in [0.1, 0.15) is 20.3 Å². The lowest BCUT2D eigenvalue weighted by molar-refractivity contribution is -0.890. The summed E-state index contributed by atoms with van der Waals surface area (Å²) in [5, 5.41) is 17.5. The van der Waals surface area contributed by atoms with E-state index in [1.165, 1.54) is 6.42 Å². The molecule has 0 aliphatic rings. The fraction of sp³-hybridized carbons (Fsp3) is 0.889. The Morgan fingerprint density at radius 2 is 1.71 bits per heavy atom. The maximum Gasteiger partial charge on any atom is 0.102 e. The summed E-state index contributed by atoms with van der Waals surface area (Å²) in [6.07, 6.45) is 1.19. The number of hydrogen-bond donors (Lipinski definition) is 1. The summed E-state index contributed by atoms with van der Waals surface area (Å²) in [6, 6.07) is 0. The molecule has 0 saturated heterocycles. The Labute approximate surface area is 104 Å². The van der Waals surface area contributed by atoms with Crippen molar-refractivity contribution in [1.82, 2.24) is 0 Å². The number of likely N-dealkylation sites (N-methyl/N-ethyl adjacent to an activating group) is 1. The first-order chi connectivity index (χ1) is 5.85. The predicted octanol–water partition coefficient (Wildman–Crippen LogP) is -0.161. The summed E-state index contributed by atoms with van der Waals surface area (Å²) >= 11 is 0. The van der Waals surface area contributed by atoms with Crippen molar-refractivity contribution >= 4 is 29.9 Å². The van der Waals surface area contributed by atoms with Gasteiger partial charge in [0.25, 0.3) is 0 Å². The number of carbonyl (C=O) groups is 1. The van der Waals surface area contributed by atoms with Crippen molar-refractivity contribution in [2.45, 2.75) is 20.3 Å². The molecule has 0 fully saturated rings. The minimum absolute atomic E-state index is 0. The third kappa shape index (κ3) is 22.7. The van der Waals surface area contributed by atoms with Crippen LogP contribution in [0.15, 0.2) is 0 Å². The van der Waals surface area contributed by atoms with Crippen LogP contribution in [0.5, 0.6) is 0 Å². The number of rotatable bonds is 4. The molecule has 0 aromatic carbocycles. The molecule has 0 amide bonds. The topological polar surface area (TPSA) is 60.4 Å². The number of aliphatic carboxylic acids is 1. The van der Waals surface area contributed by atoms with Crippen LogP contribution in [0.4, 0.5) is 0 Å². The largest absolute Gasteiger partial charge is 0.550 e. The Bertz CT molecular complexity index is 128. The zero-order valence-electron chi connectivity index (χ0n) is 9.45. The first-order valence-corrected chi connectivity index (χ1v) is 4.46. The van der Waals surface area contributed by atoms with E-state index in [9.17, 15) is 0 Å². The molecule has 0 radical (unpaired) electrons. The number of halogens is 1. The quantitative estimate of drug-likeness (QED) is 0.579. The first kappa shape index (κ1) is 19.7. The van der Waals surface area contributed by atoms with Crippen LogP contribution in [0.25, 0.3) is 0 Å². The van der Waals surface area contributed by atoms with E-state index in [1.54, 1.807) is 0 Å². The fourth-order valence-corrected chi connectivity index (χ4v) is 0.988. The van der Waals surface area contributed by atoms with Crippen molar-refractivity contribution in [3.63, 3.8) is 0 Å². The van der Waals surface area contributed by atoms with Crippen LogP contribution in [0.2, 0.25) is 0 Å². The van der Waals surface area contributed by atoms with E-state index >= 15 is 0 Å². The number of hydrogen-bond acceptors (Lipinski definition) is 3. The molecule has 0 aromatic rings. The van der Waals surface area contributed by atoms with Gasteiger partial charge in [0, 0.05) is 5.97 Å². The van der Waals surface area contributed by atoms with Gasteiger partial charge in [-0.15, -0.1) is 24.0 Å². The number of carbonyl (C=O) groups excluding carboxylic acids is 1. The van der Waals surface area contributed by atoms with Crippen LogP contribution >= 0.6 is 24.0 Å². The Morgan fingerprint density at radius 1 is 1.36 bits per heavy atom. The maximum absolute atomic E-state index is 8.89. The van der Waals surface area contributed by atoms with Gasteiger partial charge in [0.1, 0.15) is 6.54 Å². The third-order valence-corrected chi connectivity index (χ3v) is 1.53. The second-order valence-corrected chi connectivity index (χ2v) is 3.60. The molecule has 0 saturated carbocycles. The highest BCUT2D eigenvalue weighted by Gasteiger charge is 2.10. The lowest BCUT2D eigenvalue weighted by atomic mass is 10.4. The van der Waals surface area contributed by atoms with Crippen molar-refractivity contribution in [3.05, 3.63) is 0 Å². The molecule has 0 unspecified atom stereocenters. The molecule has 0 aliphatic carbocycles. The zero-order chi connectivity index (χ0) is 10.9. The average molecular weight is 319 g/mol. The number of aliphatic hydroxyl groups is 1. The molecular weight excluding hydrogens is 297 g/mol. The summed E-state index contributed by atoms with van der Waals surface area (Å²) in [6.45, 7) is 5.46. The minimum atomic E-state index is -1.08. The van der Waals surface area contributed by atoms with E-state index in [0.717, 1.165) is 24.5 Å². The lowest BCUT2D eigenvalue weighted by Crippen LogP contribution is -2.42. The van der Waals surface area contributed by atoms with E-state index in [2.05, 4.69) is 21.0 Å². The van der Waals surface area contributed by atoms with Crippen molar-refractivity contribution in [2.75, 3.05) is 33.8 Å². The molecule has 0 atom stereocenters. The van der Waals surface area contributed by atoms with Crippen molar-refractivity contribution in [2.24, 2.45) is 0 Å². The Morgan fingerprint density at radius 3 is 1.93 bits per heavy atom. The van der Waals surface area contributed by atoms with Gasteiger partial charge in [-0.2, -0.15) is 0 Å². The van der Waals surface area contributed by atoms with Gasteiger partial charge in [-0.25, -0.2) is 0 Å². The minimum Gasteiger partial charge on any atom is -0.550 e. The fourth-order valence-electron chi connectivity index (χ4n) is 0.988. The number of aliphatic hydroxyl groups excluding tert-OH is 1. The summed E-state index contributed by atoms with van der Waals surface area (Å²) in [5.41, 5.74) is 0. The molecule has 88 valence electrons. The van der Waals surface area contributed by atoms with Crippen molar-refractivity contribution < 1.29 is 19.5 Å². The first-order valence-electron chi connectivity index (χ1n) is 4.46. The van der Waals surface area contributed by atoms with Crippen LogP contribution < -0.4 is 5.11 Å². The third-order valence-electron chi connectivity index (χ3n) is 1.53. The van der Waals surface area contributed by atoms with E-state index in [1.807, 2.05) is 0 Å². The molecule has 0 heterocycles. The normalized spacial score (nSPS) is 9.50. The van der Waals surface area contributed by atoms with Gasteiger partial charge in [-0.05, 0) is 13.3 Å². The van der Waals surface area contributed by atoms with Crippen LogP contribution in [-0.2, 0) is 4.79 Å². The number of quaternary nitrogens is 1. The summed E-state index contributed by atoms with van der Waals surface area (Å²) in [7, 11) is 4.28. The maximum atomic E-state index is 8.89. The monoisotopic (exact) mass is 319 g/mol. The smallest absolute Gasteiger partial charge is 0.102 e. The second-order valence-electron chi connectivity index (χ2n) is 3.60. The Kier molecular flexibility index (Phi) is 15.7. The van der Waals surface area contributed by atoms with Crippen molar-refractivity contribution in [3.8, 4) is 0 Å². The summed E-state index contributed by atoms with van der Waals surface area (Å²) in [4.78, 5) is 8.89. The number of carboxylic acids is 1. The molecule has 0 rings (SSSR count). The molecule has 4 nitrogen and oxygen atoms in total. The second kappa shape index (κ2) is 11.2. The van der Waals surface area contributed by atoms with E-state index < -0.39 is 5.97 Å². The SMILES string of the molecule is CC(=O)[O-].CCC[N+](C)(C)CCO.I. The van der Waals surface area contributed by atoms with Crippen LogP contribution in [0, 0.1) is 0 Å². The van der Waals surface area contributed by atoms with Crippen LogP contribution in [-0.4, -0.2) is 49.4 Å². The molecular formula is C9H22INO3. The van der Waals surface area contributed by atoms with E-state index in [0.29, 0.717) is 6.61 Å². The van der Waals surface area contributed by atoms with Gasteiger partial charge < -0.3 is 19.5 Å². The lowest BCUT2D eigenvalue weighted by Gasteiger charge is -2.28. The van der Waals surface area contributed by atoms with Crippen LogP contribution in [0.3, 0.4) is 0 Å². The average Bonchev–Trinajstić information content (AvgIpc) is 1.84. The highest BCUT2D eigenvalue weighted by Crippen LogP contribution is 1.96. The zero-order valence-corrected chi connectivity index (χ0v) is 11.8. The highest BCUT2D eigenvalue weighted by atomic mass is 127. The van der Waals surface area contributed by atoms with Crippen molar-refractivity contribution in [1.29, 1.82) is 0 Å². The molecule has 0 spiro atoms. The van der Waals surface area contributed by atoms with Gasteiger partial charge in [-0.1, -0.05) is 6.92 Å². The van der Waals surface area contributed by atoms with Gasteiger partial charge in [0.15, 0.2) is 0 Å². The molecule has 0 bridgehead atoms. The number of nitrogens with zero attached hydrogens (tertiary/aromatic N) is 1. The van der Waals surface area contributed by atoms with Gasteiger partial charge in [0.05, 0.1) is 27.2 Å². The van der Waals surface area contributed by atoms with E-state index in [-0.39, 0.29) is 24.0 Å². The summed E-state index contributed by atoms with van der Waals surface area (Å²) < 4.78 is 0.938. The molecule has 1 N–H and O–H groups in total. The molecule has 5 heteroatoms.